The maximum Gasteiger partial charge on any atom is 0.251 e. The highest BCUT2D eigenvalue weighted by atomic mass is 16.5. The highest BCUT2D eigenvalue weighted by Gasteiger charge is 2.07. The molecule has 0 atom stereocenters. The fourth-order valence-electron chi connectivity index (χ4n) is 1.08. The van der Waals surface area contributed by atoms with Gasteiger partial charge in [-0.15, -0.1) is 0 Å². The van der Waals surface area contributed by atoms with Crippen LogP contribution in [0.15, 0.2) is 18.2 Å². The van der Waals surface area contributed by atoms with Crippen molar-refractivity contribution >= 4 is 5.91 Å². The average Bonchev–Trinajstić information content (AvgIpc) is 2.27. The molecule has 0 aliphatic carbocycles. The molecule has 1 rings (SSSR count). The molecule has 1 N–H and O–H groups in total. The maximum absolute atomic E-state index is 11.3. The van der Waals surface area contributed by atoms with Gasteiger partial charge in [0.1, 0.15) is 11.5 Å². The Balaban J connectivity index is 3.10. The molecule has 0 bridgehead atoms. The monoisotopic (exact) mass is 195 g/mol. The Morgan fingerprint density at radius 2 is 1.64 bits per heavy atom. The Morgan fingerprint density at radius 3 is 2.00 bits per heavy atom. The van der Waals surface area contributed by atoms with E-state index in [9.17, 15) is 4.79 Å². The first-order valence-corrected chi connectivity index (χ1v) is 4.16. The van der Waals surface area contributed by atoms with Crippen molar-refractivity contribution in [2.45, 2.75) is 0 Å². The van der Waals surface area contributed by atoms with Gasteiger partial charge in [0, 0.05) is 18.7 Å². The van der Waals surface area contributed by atoms with Gasteiger partial charge in [-0.05, 0) is 12.1 Å². The summed E-state index contributed by atoms with van der Waals surface area (Å²) in [5, 5.41) is 2.53. The minimum absolute atomic E-state index is 0.165. The van der Waals surface area contributed by atoms with Crippen molar-refractivity contribution in [1.82, 2.24) is 5.32 Å². The second-order valence-electron chi connectivity index (χ2n) is 2.68. The molecule has 1 aromatic carbocycles. The van der Waals surface area contributed by atoms with E-state index < -0.39 is 0 Å². The first kappa shape index (κ1) is 10.4. The molecule has 0 unspecified atom stereocenters. The zero-order valence-electron chi connectivity index (χ0n) is 8.46. The quantitative estimate of drug-likeness (QED) is 0.784. The topological polar surface area (TPSA) is 47.6 Å². The summed E-state index contributed by atoms with van der Waals surface area (Å²) in [7, 11) is 4.67. The summed E-state index contributed by atoms with van der Waals surface area (Å²) in [5.74, 6) is 1.04. The van der Waals surface area contributed by atoms with Crippen LogP contribution in [0.25, 0.3) is 0 Å². The molecule has 0 aliphatic heterocycles. The van der Waals surface area contributed by atoms with Gasteiger partial charge in [-0.2, -0.15) is 0 Å². The molecule has 4 heteroatoms. The Hall–Kier alpha value is -1.71. The van der Waals surface area contributed by atoms with Crippen LogP contribution in [0.3, 0.4) is 0 Å². The molecule has 0 spiro atoms. The van der Waals surface area contributed by atoms with Gasteiger partial charge >= 0.3 is 0 Å². The largest absolute Gasteiger partial charge is 0.497 e. The number of benzene rings is 1. The van der Waals surface area contributed by atoms with Gasteiger partial charge in [0.2, 0.25) is 0 Å². The van der Waals surface area contributed by atoms with Crippen LogP contribution in [-0.2, 0) is 0 Å². The van der Waals surface area contributed by atoms with E-state index in [-0.39, 0.29) is 5.91 Å². The normalized spacial score (nSPS) is 9.36. The number of hydrogen-bond donors (Lipinski definition) is 1. The number of ether oxygens (including phenoxy) is 2. The molecule has 14 heavy (non-hydrogen) atoms. The molecule has 0 aliphatic rings. The number of amides is 1. The van der Waals surface area contributed by atoms with Crippen LogP contribution in [0.5, 0.6) is 11.5 Å². The summed E-state index contributed by atoms with van der Waals surface area (Å²) < 4.78 is 10.1. The number of methoxy groups -OCH3 is 2. The summed E-state index contributed by atoms with van der Waals surface area (Å²) >= 11 is 0. The van der Waals surface area contributed by atoms with Gasteiger partial charge in [0.25, 0.3) is 5.91 Å². The van der Waals surface area contributed by atoms with Crippen LogP contribution in [0.2, 0.25) is 0 Å². The lowest BCUT2D eigenvalue weighted by Crippen LogP contribution is -2.17. The average molecular weight is 195 g/mol. The fraction of sp³-hybridized carbons (Fsp3) is 0.300. The predicted octanol–water partition coefficient (Wildman–Crippen LogP) is 1.06. The smallest absolute Gasteiger partial charge is 0.251 e. The second kappa shape index (κ2) is 4.50. The Morgan fingerprint density at radius 1 is 1.14 bits per heavy atom. The van der Waals surface area contributed by atoms with E-state index in [1.165, 1.54) is 0 Å². The second-order valence-corrected chi connectivity index (χ2v) is 2.68. The summed E-state index contributed by atoms with van der Waals surface area (Å²) in [6, 6.07) is 5.02. The standard InChI is InChI=1S/C10H13NO3/c1-11-10(12)7-4-8(13-2)6-9(5-7)14-3/h4-6H,1-3H3,(H,11,12). The van der Waals surface area contributed by atoms with Gasteiger partial charge in [0.15, 0.2) is 0 Å². The van der Waals surface area contributed by atoms with Crippen LogP contribution >= 0.6 is 0 Å². The molecule has 4 nitrogen and oxygen atoms in total. The molecule has 76 valence electrons. The summed E-state index contributed by atoms with van der Waals surface area (Å²) in [5.41, 5.74) is 0.517. The SMILES string of the molecule is CNC(=O)c1cc(OC)cc(OC)c1. The number of nitrogens with one attached hydrogen (secondary N) is 1. The van der Waals surface area contributed by atoms with E-state index in [0.29, 0.717) is 17.1 Å². The molecular weight excluding hydrogens is 182 g/mol. The third-order valence-corrected chi connectivity index (χ3v) is 1.84. The van der Waals surface area contributed by atoms with Crippen LogP contribution in [-0.4, -0.2) is 27.2 Å². The van der Waals surface area contributed by atoms with Gasteiger partial charge in [0.05, 0.1) is 14.2 Å². The molecule has 0 saturated carbocycles. The van der Waals surface area contributed by atoms with Crippen molar-refractivity contribution in [2.24, 2.45) is 0 Å². The van der Waals surface area contributed by atoms with Gasteiger partial charge in [-0.1, -0.05) is 0 Å². The van der Waals surface area contributed by atoms with Gasteiger partial charge < -0.3 is 14.8 Å². The predicted molar refractivity (Wildman–Crippen MR) is 52.9 cm³/mol. The number of hydrogen-bond acceptors (Lipinski definition) is 3. The van der Waals surface area contributed by atoms with Crippen LogP contribution < -0.4 is 14.8 Å². The van der Waals surface area contributed by atoms with Crippen molar-refractivity contribution in [1.29, 1.82) is 0 Å². The summed E-state index contributed by atoms with van der Waals surface area (Å²) in [6.07, 6.45) is 0. The number of carbonyl (C=O) groups is 1. The number of carbonyl (C=O) groups excluding carboxylic acids is 1. The lowest BCUT2D eigenvalue weighted by molar-refractivity contribution is 0.0962. The third kappa shape index (κ3) is 2.16. The van der Waals surface area contributed by atoms with E-state index in [2.05, 4.69) is 5.32 Å². The van der Waals surface area contributed by atoms with Gasteiger partial charge in [-0.25, -0.2) is 0 Å². The third-order valence-electron chi connectivity index (χ3n) is 1.84. The molecule has 1 aromatic rings. The van der Waals surface area contributed by atoms with E-state index in [4.69, 9.17) is 9.47 Å². The van der Waals surface area contributed by atoms with E-state index in [0.717, 1.165) is 0 Å². The molecular formula is C10H13NO3. The van der Waals surface area contributed by atoms with Crippen molar-refractivity contribution in [3.8, 4) is 11.5 Å². The molecule has 0 fully saturated rings. The van der Waals surface area contributed by atoms with Crippen LogP contribution in [0.4, 0.5) is 0 Å². The van der Waals surface area contributed by atoms with E-state index in [1.807, 2.05) is 0 Å². The minimum atomic E-state index is -0.165. The zero-order valence-corrected chi connectivity index (χ0v) is 8.46. The molecule has 1 amide bonds. The maximum atomic E-state index is 11.3. The Kier molecular flexibility index (Phi) is 3.34. The van der Waals surface area contributed by atoms with Crippen molar-refractivity contribution in [3.63, 3.8) is 0 Å². The minimum Gasteiger partial charge on any atom is -0.497 e. The van der Waals surface area contributed by atoms with E-state index >= 15 is 0 Å². The lowest BCUT2D eigenvalue weighted by atomic mass is 10.2. The zero-order chi connectivity index (χ0) is 10.6. The van der Waals surface area contributed by atoms with Crippen molar-refractivity contribution in [3.05, 3.63) is 23.8 Å². The van der Waals surface area contributed by atoms with Crippen molar-refractivity contribution < 1.29 is 14.3 Å². The van der Waals surface area contributed by atoms with Crippen molar-refractivity contribution in [2.75, 3.05) is 21.3 Å². The Bertz CT molecular complexity index is 314. The number of rotatable bonds is 3. The summed E-state index contributed by atoms with van der Waals surface area (Å²) in [4.78, 5) is 11.3. The van der Waals surface area contributed by atoms with E-state index in [1.54, 1.807) is 39.5 Å². The fourth-order valence-corrected chi connectivity index (χ4v) is 1.08. The Labute approximate surface area is 82.8 Å². The molecule has 0 saturated heterocycles. The van der Waals surface area contributed by atoms with Crippen LogP contribution in [0, 0.1) is 0 Å². The molecule has 0 radical (unpaired) electrons. The molecule has 0 heterocycles. The highest BCUT2D eigenvalue weighted by molar-refractivity contribution is 5.94. The first-order chi connectivity index (χ1) is 6.71. The molecule has 0 aromatic heterocycles. The van der Waals surface area contributed by atoms with Crippen LogP contribution in [0.1, 0.15) is 10.4 Å². The van der Waals surface area contributed by atoms with Gasteiger partial charge in [-0.3, -0.25) is 4.79 Å². The first-order valence-electron chi connectivity index (χ1n) is 4.16. The highest BCUT2D eigenvalue weighted by Crippen LogP contribution is 2.22. The summed E-state index contributed by atoms with van der Waals surface area (Å²) in [6.45, 7) is 0. The lowest BCUT2D eigenvalue weighted by Gasteiger charge is -2.07.